The van der Waals surface area contributed by atoms with Crippen molar-refractivity contribution in [3.63, 3.8) is 0 Å². The Morgan fingerprint density at radius 2 is 1.98 bits per heavy atom. The Balaban J connectivity index is 1.47. The standard InChI is InChI=1S/C36H45ClN2O5/c1-23-7-13-32(43-4)29-11-8-26(29)20-39-21-35(15-5-6-25-16-28(37)10-12-30(25)35)22-44-33-14-9-27(17-31(33)39)36(42,34(40)41)18-24(2)38(3)19-23/h7,9-10,12-14,16-17,23,26,29,32,42H,2,5-6,8,11,15,18-22H2,1,3-4H3,(H,40,41)/b13-7+/t23-,26+,29-,32+,35+,36+/m1/s1. The van der Waals surface area contributed by atoms with E-state index in [0.29, 0.717) is 42.0 Å². The summed E-state index contributed by atoms with van der Waals surface area (Å²) >= 11 is 6.43. The number of hydrogen-bond donors (Lipinski definition) is 2. The average Bonchev–Trinajstić information content (AvgIpc) is 3.13. The Bertz CT molecular complexity index is 1460. The number of hydrogen-bond acceptors (Lipinski definition) is 6. The Kier molecular flexibility index (Phi) is 8.50. The van der Waals surface area contributed by atoms with Crippen LogP contribution in [0.5, 0.6) is 5.75 Å². The summed E-state index contributed by atoms with van der Waals surface area (Å²) in [7, 11) is 3.70. The second-order valence-corrected chi connectivity index (χ2v) is 14.1. The Morgan fingerprint density at radius 3 is 2.70 bits per heavy atom. The van der Waals surface area contributed by atoms with Crippen LogP contribution < -0.4 is 9.64 Å². The first-order valence-corrected chi connectivity index (χ1v) is 16.3. The lowest BCUT2D eigenvalue weighted by Gasteiger charge is -2.46. The van der Waals surface area contributed by atoms with E-state index in [1.165, 1.54) is 11.1 Å². The summed E-state index contributed by atoms with van der Waals surface area (Å²) in [6, 6.07) is 11.6. The fourth-order valence-corrected chi connectivity index (χ4v) is 8.15. The van der Waals surface area contributed by atoms with Crippen LogP contribution in [0.15, 0.2) is 60.8 Å². The third-order valence-electron chi connectivity index (χ3n) is 10.7. The Labute approximate surface area is 266 Å². The molecule has 0 saturated heterocycles. The molecule has 2 aliphatic heterocycles. The second-order valence-electron chi connectivity index (χ2n) is 13.6. The maximum Gasteiger partial charge on any atom is 0.340 e. The van der Waals surface area contributed by atoms with Crippen LogP contribution in [0.3, 0.4) is 0 Å². The van der Waals surface area contributed by atoms with Gasteiger partial charge in [0.25, 0.3) is 0 Å². The number of aryl methyl sites for hydroxylation is 1. The predicted molar refractivity (Wildman–Crippen MR) is 173 cm³/mol. The molecule has 2 aromatic carbocycles. The van der Waals surface area contributed by atoms with Gasteiger partial charge in [-0.15, -0.1) is 0 Å². The zero-order valence-electron chi connectivity index (χ0n) is 26.1. The van der Waals surface area contributed by atoms with Crippen LogP contribution in [0.4, 0.5) is 5.69 Å². The SMILES string of the molecule is C=C1C[C@@](O)(C(=O)O)c2ccc3c(c2)N(C[C@@H]2CC[C@H]2[C@@H](OC)/C=C/[C@@H](C)CN1C)C[C@@]1(CCCc2cc(Cl)ccc21)CO3. The number of benzene rings is 2. The number of aliphatic carboxylic acids is 1. The fraction of sp³-hybridized carbons (Fsp3) is 0.528. The van der Waals surface area contributed by atoms with Crippen molar-refractivity contribution in [2.24, 2.45) is 17.8 Å². The first-order valence-electron chi connectivity index (χ1n) is 15.9. The van der Waals surface area contributed by atoms with Crippen LogP contribution in [-0.4, -0.2) is 67.6 Å². The molecule has 1 spiro atoms. The van der Waals surface area contributed by atoms with Crippen molar-refractivity contribution in [2.75, 3.05) is 45.3 Å². The molecule has 236 valence electrons. The van der Waals surface area contributed by atoms with E-state index in [2.05, 4.69) is 42.7 Å². The van der Waals surface area contributed by atoms with E-state index < -0.39 is 11.6 Å². The number of carbonyl (C=O) groups is 1. The van der Waals surface area contributed by atoms with E-state index in [4.69, 9.17) is 21.1 Å². The lowest BCUT2D eigenvalue weighted by atomic mass is 9.68. The van der Waals surface area contributed by atoms with Gasteiger partial charge in [0.05, 0.1) is 18.4 Å². The number of anilines is 1. The van der Waals surface area contributed by atoms with Crippen molar-refractivity contribution in [1.82, 2.24) is 4.90 Å². The molecular weight excluding hydrogens is 576 g/mol. The van der Waals surface area contributed by atoms with Gasteiger partial charge in [-0.2, -0.15) is 0 Å². The summed E-state index contributed by atoms with van der Waals surface area (Å²) in [5, 5.41) is 22.9. The summed E-state index contributed by atoms with van der Waals surface area (Å²) in [4.78, 5) is 17.1. The molecule has 0 unspecified atom stereocenters. The highest BCUT2D eigenvalue weighted by Gasteiger charge is 2.46. The first-order chi connectivity index (χ1) is 21.0. The quantitative estimate of drug-likeness (QED) is 0.389. The van der Waals surface area contributed by atoms with Gasteiger partial charge in [-0.1, -0.05) is 49.4 Å². The second kappa shape index (κ2) is 12.1. The van der Waals surface area contributed by atoms with Crippen molar-refractivity contribution in [3.05, 3.63) is 82.5 Å². The topological polar surface area (TPSA) is 82.5 Å². The minimum absolute atomic E-state index is 0.0234. The number of nitrogens with zero attached hydrogens (tertiary/aromatic N) is 2. The van der Waals surface area contributed by atoms with Gasteiger partial charge in [0, 0.05) is 56.3 Å². The molecule has 2 bridgehead atoms. The van der Waals surface area contributed by atoms with Gasteiger partial charge in [-0.05, 0) is 90.8 Å². The molecule has 1 saturated carbocycles. The van der Waals surface area contributed by atoms with Crippen molar-refractivity contribution in [2.45, 2.75) is 62.6 Å². The van der Waals surface area contributed by atoms with Gasteiger partial charge in [0.2, 0.25) is 0 Å². The maximum absolute atomic E-state index is 12.7. The average molecular weight is 621 g/mol. The minimum Gasteiger partial charge on any atom is -0.490 e. The molecule has 0 amide bonds. The molecule has 6 atom stereocenters. The summed E-state index contributed by atoms with van der Waals surface area (Å²) < 4.78 is 12.7. The van der Waals surface area contributed by atoms with Gasteiger partial charge in [0.1, 0.15) is 5.75 Å². The van der Waals surface area contributed by atoms with Crippen LogP contribution in [-0.2, 0) is 27.0 Å². The van der Waals surface area contributed by atoms with Crippen molar-refractivity contribution < 1.29 is 24.5 Å². The number of aliphatic hydroxyl groups is 1. The number of rotatable bonds is 2. The molecule has 7 nitrogen and oxygen atoms in total. The molecule has 2 heterocycles. The van der Waals surface area contributed by atoms with Crippen LogP contribution in [0.25, 0.3) is 0 Å². The van der Waals surface area contributed by atoms with Gasteiger partial charge in [-0.3, -0.25) is 0 Å². The lowest BCUT2D eigenvalue weighted by molar-refractivity contribution is -0.160. The number of methoxy groups -OCH3 is 1. The molecule has 4 aliphatic rings. The van der Waals surface area contributed by atoms with Gasteiger partial charge >= 0.3 is 5.97 Å². The third-order valence-corrected chi connectivity index (χ3v) is 10.9. The van der Waals surface area contributed by atoms with Crippen molar-refractivity contribution in [1.29, 1.82) is 0 Å². The predicted octanol–water partition coefficient (Wildman–Crippen LogP) is 6.17. The highest BCUT2D eigenvalue weighted by molar-refractivity contribution is 6.30. The molecule has 2 aliphatic carbocycles. The maximum atomic E-state index is 12.7. The van der Waals surface area contributed by atoms with Gasteiger partial charge in [-0.25, -0.2) is 4.79 Å². The Morgan fingerprint density at radius 1 is 1.16 bits per heavy atom. The number of fused-ring (bicyclic) bond motifs is 4. The number of carboxylic acids is 1. The number of ether oxygens (including phenoxy) is 2. The van der Waals surface area contributed by atoms with E-state index in [1.807, 2.05) is 30.1 Å². The zero-order chi connectivity index (χ0) is 31.2. The summed E-state index contributed by atoms with van der Waals surface area (Å²) in [6.07, 6.45) is 9.51. The van der Waals surface area contributed by atoms with E-state index in [9.17, 15) is 15.0 Å². The molecule has 8 heteroatoms. The summed E-state index contributed by atoms with van der Waals surface area (Å²) in [6.45, 7) is 9.00. The first kappa shape index (κ1) is 31.0. The molecule has 2 aromatic rings. The molecule has 44 heavy (non-hydrogen) atoms. The normalized spacial score (nSPS) is 33.0. The Hall–Kier alpha value is -3.00. The monoisotopic (exact) mass is 620 g/mol. The van der Waals surface area contributed by atoms with E-state index in [0.717, 1.165) is 55.9 Å². The molecule has 1 fully saturated rings. The highest BCUT2D eigenvalue weighted by Crippen LogP contribution is 2.48. The van der Waals surface area contributed by atoms with Gasteiger partial charge < -0.3 is 29.5 Å². The van der Waals surface area contributed by atoms with Crippen LogP contribution in [0.1, 0.15) is 55.7 Å². The largest absolute Gasteiger partial charge is 0.490 e. The lowest BCUT2D eigenvalue weighted by Crippen LogP contribution is -2.49. The van der Waals surface area contributed by atoms with Gasteiger partial charge in [0.15, 0.2) is 5.60 Å². The minimum atomic E-state index is -2.14. The van der Waals surface area contributed by atoms with Crippen molar-refractivity contribution in [3.8, 4) is 5.75 Å². The van der Waals surface area contributed by atoms with Crippen molar-refractivity contribution >= 4 is 23.3 Å². The van der Waals surface area contributed by atoms with Crippen LogP contribution in [0.2, 0.25) is 5.02 Å². The van der Waals surface area contributed by atoms with Crippen LogP contribution in [0, 0.1) is 17.8 Å². The summed E-state index contributed by atoms with van der Waals surface area (Å²) in [5.41, 5.74) is 1.90. The zero-order valence-corrected chi connectivity index (χ0v) is 26.9. The van der Waals surface area contributed by atoms with E-state index in [1.54, 1.807) is 13.2 Å². The van der Waals surface area contributed by atoms with E-state index in [-0.39, 0.29) is 23.9 Å². The molecule has 0 aromatic heterocycles. The highest BCUT2D eigenvalue weighted by atomic mass is 35.5. The molecule has 0 radical (unpaired) electrons. The van der Waals surface area contributed by atoms with Crippen LogP contribution >= 0.6 is 11.6 Å². The number of halogens is 1. The third kappa shape index (κ3) is 5.63. The smallest absolute Gasteiger partial charge is 0.340 e. The fourth-order valence-electron chi connectivity index (χ4n) is 7.96. The number of carboxylic acid groups (broad SMARTS) is 1. The van der Waals surface area contributed by atoms with E-state index >= 15 is 0 Å². The molecule has 6 rings (SSSR count). The summed E-state index contributed by atoms with van der Waals surface area (Å²) in [5.74, 6) is 0.382. The molecule has 2 N–H and O–H groups in total. The molecular formula is C36H45ClN2O5.